The SMILES string of the molecule is Cc1ccc(C(O)(CCCN(C)C)c2ccc(F)cc2)c(C)c1. The molecule has 124 valence electrons. The van der Waals surface area contributed by atoms with E-state index in [0.29, 0.717) is 6.42 Å². The molecule has 0 aliphatic carbocycles. The van der Waals surface area contributed by atoms with Crippen LogP contribution < -0.4 is 0 Å². The molecule has 1 N–H and O–H groups in total. The Bertz CT molecular complexity index is 651. The Morgan fingerprint density at radius 3 is 2.26 bits per heavy atom. The molecule has 2 aromatic carbocycles. The third-order valence-corrected chi connectivity index (χ3v) is 4.29. The minimum atomic E-state index is -1.10. The Hall–Kier alpha value is -1.71. The number of aryl methyl sites for hydroxylation is 2. The highest BCUT2D eigenvalue weighted by atomic mass is 19.1. The number of benzene rings is 2. The highest BCUT2D eigenvalue weighted by molar-refractivity contribution is 5.42. The first-order chi connectivity index (χ1) is 10.8. The maximum atomic E-state index is 13.3. The maximum Gasteiger partial charge on any atom is 0.123 e. The van der Waals surface area contributed by atoms with Crippen LogP contribution in [0.5, 0.6) is 0 Å². The highest BCUT2D eigenvalue weighted by Crippen LogP contribution is 2.36. The first-order valence-corrected chi connectivity index (χ1v) is 8.04. The summed E-state index contributed by atoms with van der Waals surface area (Å²) in [4.78, 5) is 2.10. The molecule has 1 unspecified atom stereocenters. The minimum absolute atomic E-state index is 0.287. The zero-order chi connectivity index (χ0) is 17.0. The molecule has 0 amide bonds. The Morgan fingerprint density at radius 2 is 1.70 bits per heavy atom. The van der Waals surface area contributed by atoms with Gasteiger partial charge >= 0.3 is 0 Å². The van der Waals surface area contributed by atoms with Crippen LogP contribution in [-0.4, -0.2) is 30.6 Å². The Morgan fingerprint density at radius 1 is 1.04 bits per heavy atom. The molecule has 0 saturated heterocycles. The lowest BCUT2D eigenvalue weighted by Gasteiger charge is -2.31. The van der Waals surface area contributed by atoms with Crippen molar-refractivity contribution in [3.05, 3.63) is 70.5 Å². The van der Waals surface area contributed by atoms with Crippen molar-refractivity contribution in [1.29, 1.82) is 0 Å². The van der Waals surface area contributed by atoms with E-state index in [1.807, 2.05) is 40.1 Å². The number of rotatable bonds is 6. The summed E-state index contributed by atoms with van der Waals surface area (Å²) < 4.78 is 13.3. The lowest BCUT2D eigenvalue weighted by atomic mass is 9.80. The third kappa shape index (κ3) is 4.18. The topological polar surface area (TPSA) is 23.5 Å². The molecule has 2 aromatic rings. The molecular formula is C20H26FNO. The van der Waals surface area contributed by atoms with E-state index in [-0.39, 0.29) is 5.82 Å². The quantitative estimate of drug-likeness (QED) is 0.870. The second-order valence-corrected chi connectivity index (χ2v) is 6.59. The van der Waals surface area contributed by atoms with Gasteiger partial charge < -0.3 is 10.0 Å². The van der Waals surface area contributed by atoms with Crippen LogP contribution in [0.25, 0.3) is 0 Å². The molecule has 0 fully saturated rings. The van der Waals surface area contributed by atoms with Crippen molar-refractivity contribution < 1.29 is 9.50 Å². The summed E-state index contributed by atoms with van der Waals surface area (Å²) in [7, 11) is 4.04. The van der Waals surface area contributed by atoms with Gasteiger partial charge in [0, 0.05) is 0 Å². The number of nitrogens with zero attached hydrogens (tertiary/aromatic N) is 1. The van der Waals surface area contributed by atoms with Gasteiger partial charge in [0.25, 0.3) is 0 Å². The largest absolute Gasteiger partial charge is 0.380 e. The Kier molecular flexibility index (Phi) is 5.55. The fourth-order valence-corrected chi connectivity index (χ4v) is 3.09. The summed E-state index contributed by atoms with van der Waals surface area (Å²) in [5.41, 5.74) is 2.77. The average Bonchev–Trinajstić information content (AvgIpc) is 2.47. The van der Waals surface area contributed by atoms with E-state index < -0.39 is 5.60 Å². The highest BCUT2D eigenvalue weighted by Gasteiger charge is 2.32. The van der Waals surface area contributed by atoms with E-state index in [9.17, 15) is 9.50 Å². The third-order valence-electron chi connectivity index (χ3n) is 4.29. The fourth-order valence-electron chi connectivity index (χ4n) is 3.09. The van der Waals surface area contributed by atoms with E-state index in [1.54, 1.807) is 12.1 Å². The Labute approximate surface area is 138 Å². The molecule has 2 rings (SSSR count). The van der Waals surface area contributed by atoms with Gasteiger partial charge in [0.1, 0.15) is 11.4 Å². The number of hydrogen-bond donors (Lipinski definition) is 1. The second kappa shape index (κ2) is 7.24. The normalized spacial score (nSPS) is 14.0. The molecule has 0 radical (unpaired) electrons. The van der Waals surface area contributed by atoms with Crippen LogP contribution in [0.4, 0.5) is 4.39 Å². The smallest absolute Gasteiger partial charge is 0.123 e. The Balaban J connectivity index is 2.43. The van der Waals surface area contributed by atoms with Crippen molar-refractivity contribution >= 4 is 0 Å². The van der Waals surface area contributed by atoms with Crippen LogP contribution in [0.15, 0.2) is 42.5 Å². The molecule has 2 nitrogen and oxygen atoms in total. The molecule has 23 heavy (non-hydrogen) atoms. The summed E-state index contributed by atoms with van der Waals surface area (Å²) in [5, 5.41) is 11.5. The number of aliphatic hydroxyl groups is 1. The summed E-state index contributed by atoms with van der Waals surface area (Å²) in [6.45, 7) is 4.96. The van der Waals surface area contributed by atoms with Crippen molar-refractivity contribution in [1.82, 2.24) is 4.90 Å². The molecule has 0 aliphatic heterocycles. The van der Waals surface area contributed by atoms with Crippen molar-refractivity contribution in [3.8, 4) is 0 Å². The van der Waals surface area contributed by atoms with Gasteiger partial charge in [-0.25, -0.2) is 4.39 Å². The van der Waals surface area contributed by atoms with E-state index in [0.717, 1.165) is 29.7 Å². The fraction of sp³-hybridized carbons (Fsp3) is 0.400. The first kappa shape index (κ1) is 17.6. The van der Waals surface area contributed by atoms with Crippen molar-refractivity contribution in [2.24, 2.45) is 0 Å². The summed E-state index contributed by atoms with van der Waals surface area (Å²) in [5.74, 6) is -0.287. The van der Waals surface area contributed by atoms with Crippen LogP contribution in [0, 0.1) is 19.7 Å². The van der Waals surface area contributed by atoms with E-state index >= 15 is 0 Å². The second-order valence-electron chi connectivity index (χ2n) is 6.59. The van der Waals surface area contributed by atoms with Crippen molar-refractivity contribution in [3.63, 3.8) is 0 Å². The summed E-state index contributed by atoms with van der Waals surface area (Å²) in [6.07, 6.45) is 1.45. The van der Waals surface area contributed by atoms with Crippen molar-refractivity contribution in [2.45, 2.75) is 32.3 Å². The van der Waals surface area contributed by atoms with Gasteiger partial charge in [-0.3, -0.25) is 0 Å². The molecule has 0 bridgehead atoms. The van der Waals surface area contributed by atoms with Gasteiger partial charge in [-0.15, -0.1) is 0 Å². The minimum Gasteiger partial charge on any atom is -0.380 e. The zero-order valence-corrected chi connectivity index (χ0v) is 14.4. The van der Waals surface area contributed by atoms with Crippen LogP contribution in [0.3, 0.4) is 0 Å². The number of hydrogen-bond acceptors (Lipinski definition) is 2. The summed E-state index contributed by atoms with van der Waals surface area (Å²) >= 11 is 0. The van der Waals surface area contributed by atoms with Crippen molar-refractivity contribution in [2.75, 3.05) is 20.6 Å². The van der Waals surface area contributed by atoms with Crippen LogP contribution >= 0.6 is 0 Å². The average molecular weight is 315 g/mol. The van der Waals surface area contributed by atoms with Gasteiger partial charge in [0.15, 0.2) is 0 Å². The van der Waals surface area contributed by atoms with E-state index in [1.165, 1.54) is 17.7 Å². The molecule has 0 spiro atoms. The maximum absolute atomic E-state index is 13.3. The molecule has 0 heterocycles. The lowest BCUT2D eigenvalue weighted by molar-refractivity contribution is 0.0658. The van der Waals surface area contributed by atoms with Crippen LogP contribution in [-0.2, 0) is 5.60 Å². The first-order valence-electron chi connectivity index (χ1n) is 8.04. The van der Waals surface area contributed by atoms with Gasteiger partial charge in [-0.2, -0.15) is 0 Å². The molecular weight excluding hydrogens is 289 g/mol. The number of halogens is 1. The van der Waals surface area contributed by atoms with Gasteiger partial charge in [0.05, 0.1) is 0 Å². The zero-order valence-electron chi connectivity index (χ0n) is 14.4. The lowest BCUT2D eigenvalue weighted by Crippen LogP contribution is -2.30. The molecule has 0 saturated carbocycles. The molecule has 0 aliphatic rings. The standard InChI is InChI=1S/C20H26FNO/c1-15-6-11-19(16(2)14-15)20(23,12-5-13-22(3)4)17-7-9-18(21)10-8-17/h6-11,14,23H,5,12-13H2,1-4H3. The summed E-state index contributed by atoms with van der Waals surface area (Å²) in [6, 6.07) is 12.3. The van der Waals surface area contributed by atoms with Gasteiger partial charge in [-0.05, 0) is 76.2 Å². The van der Waals surface area contributed by atoms with Crippen LogP contribution in [0.2, 0.25) is 0 Å². The van der Waals surface area contributed by atoms with Gasteiger partial charge in [0.2, 0.25) is 0 Å². The predicted octanol–water partition coefficient (Wildman–Crippen LogP) is 4.02. The molecule has 1 atom stereocenters. The molecule has 0 aromatic heterocycles. The van der Waals surface area contributed by atoms with E-state index in [2.05, 4.69) is 11.0 Å². The van der Waals surface area contributed by atoms with Crippen LogP contribution in [0.1, 0.15) is 35.1 Å². The van der Waals surface area contributed by atoms with E-state index in [4.69, 9.17) is 0 Å². The molecule has 3 heteroatoms. The van der Waals surface area contributed by atoms with Gasteiger partial charge in [-0.1, -0.05) is 35.9 Å². The predicted molar refractivity (Wildman–Crippen MR) is 93.1 cm³/mol. The monoisotopic (exact) mass is 315 g/mol.